The Hall–Kier alpha value is -2.37. The fraction of sp³-hybridized carbons (Fsp3) is 0.500. The van der Waals surface area contributed by atoms with Crippen LogP contribution in [-0.2, 0) is 25.7 Å². The van der Waals surface area contributed by atoms with Gasteiger partial charge >= 0.3 is 12.1 Å². The number of ketones is 1. The molecule has 0 radical (unpaired) electrons. The number of likely N-dealkylation sites (tertiary alicyclic amines) is 1. The fourth-order valence-electron chi connectivity index (χ4n) is 2.39. The Bertz CT molecular complexity index is 606. The second-order valence-corrected chi connectivity index (χ2v) is 6.79. The monoisotopic (exact) mass is 333 g/mol. The van der Waals surface area contributed by atoms with Gasteiger partial charge in [-0.3, -0.25) is 9.59 Å². The van der Waals surface area contributed by atoms with Gasteiger partial charge in [0.25, 0.3) is 0 Å². The van der Waals surface area contributed by atoms with Crippen molar-refractivity contribution in [3.63, 3.8) is 0 Å². The summed E-state index contributed by atoms with van der Waals surface area (Å²) in [7, 11) is 0. The number of carbonyl (C=O) groups is 3. The van der Waals surface area contributed by atoms with Gasteiger partial charge in [0.1, 0.15) is 18.1 Å². The molecule has 0 spiro atoms. The van der Waals surface area contributed by atoms with Crippen molar-refractivity contribution < 1.29 is 23.9 Å². The van der Waals surface area contributed by atoms with E-state index in [0.717, 1.165) is 5.56 Å². The van der Waals surface area contributed by atoms with Crippen LogP contribution < -0.4 is 0 Å². The van der Waals surface area contributed by atoms with E-state index >= 15 is 0 Å². The predicted molar refractivity (Wildman–Crippen MR) is 87.2 cm³/mol. The van der Waals surface area contributed by atoms with Gasteiger partial charge in [-0.15, -0.1) is 0 Å². The van der Waals surface area contributed by atoms with Crippen LogP contribution in [0.5, 0.6) is 0 Å². The highest BCUT2D eigenvalue weighted by Crippen LogP contribution is 2.19. The van der Waals surface area contributed by atoms with Crippen molar-refractivity contribution in [1.82, 2.24) is 4.90 Å². The second-order valence-electron chi connectivity index (χ2n) is 6.79. The first kappa shape index (κ1) is 18.0. The molecule has 0 N–H and O–H groups in total. The molecular weight excluding hydrogens is 310 g/mol. The number of hydrogen-bond donors (Lipinski definition) is 0. The lowest BCUT2D eigenvalue weighted by Gasteiger charge is -2.31. The van der Waals surface area contributed by atoms with Crippen LogP contribution in [0.2, 0.25) is 0 Å². The Kier molecular flexibility index (Phi) is 5.59. The van der Waals surface area contributed by atoms with E-state index in [2.05, 4.69) is 0 Å². The first-order valence-corrected chi connectivity index (χ1v) is 7.97. The molecule has 6 heteroatoms. The van der Waals surface area contributed by atoms with Crippen LogP contribution in [0, 0.1) is 5.92 Å². The van der Waals surface area contributed by atoms with Crippen LogP contribution in [0.4, 0.5) is 4.79 Å². The topological polar surface area (TPSA) is 72.9 Å². The summed E-state index contributed by atoms with van der Waals surface area (Å²) in [5, 5.41) is 0. The quantitative estimate of drug-likeness (QED) is 0.628. The van der Waals surface area contributed by atoms with Gasteiger partial charge in [-0.25, -0.2) is 4.79 Å². The van der Waals surface area contributed by atoms with Crippen molar-refractivity contribution in [2.75, 3.05) is 13.1 Å². The number of Topliss-reactive ketones (excluding diaryl/α,β-unsaturated/α-hetero) is 1. The van der Waals surface area contributed by atoms with Crippen LogP contribution >= 0.6 is 0 Å². The molecule has 6 nitrogen and oxygen atoms in total. The second kappa shape index (κ2) is 7.47. The molecule has 0 aromatic heterocycles. The third-order valence-corrected chi connectivity index (χ3v) is 3.57. The number of hydrogen-bond acceptors (Lipinski definition) is 5. The van der Waals surface area contributed by atoms with E-state index in [-0.39, 0.29) is 31.9 Å². The molecule has 1 atom stereocenters. The number of amides is 1. The Morgan fingerprint density at radius 2 is 1.88 bits per heavy atom. The van der Waals surface area contributed by atoms with Crippen LogP contribution in [0.1, 0.15) is 32.8 Å². The lowest BCUT2D eigenvalue weighted by Crippen LogP contribution is -2.48. The van der Waals surface area contributed by atoms with E-state index in [0.29, 0.717) is 0 Å². The molecule has 1 amide bonds. The minimum absolute atomic E-state index is 0.00136. The minimum Gasteiger partial charge on any atom is -0.459 e. The van der Waals surface area contributed by atoms with Gasteiger partial charge in [-0.05, 0) is 26.3 Å². The lowest BCUT2D eigenvalue weighted by atomic mass is 9.96. The molecule has 1 saturated heterocycles. The summed E-state index contributed by atoms with van der Waals surface area (Å²) >= 11 is 0. The van der Waals surface area contributed by atoms with Crippen LogP contribution in [0.3, 0.4) is 0 Å². The average Bonchev–Trinajstić information content (AvgIpc) is 2.52. The normalized spacial score (nSPS) is 18.2. The molecule has 1 aliphatic rings. The maximum atomic E-state index is 12.2. The van der Waals surface area contributed by atoms with Gasteiger partial charge < -0.3 is 14.4 Å². The van der Waals surface area contributed by atoms with Gasteiger partial charge in [0.05, 0.1) is 0 Å². The van der Waals surface area contributed by atoms with Gasteiger partial charge in [0, 0.05) is 19.5 Å². The third kappa shape index (κ3) is 5.08. The van der Waals surface area contributed by atoms with Gasteiger partial charge in [-0.1, -0.05) is 30.3 Å². The zero-order chi connectivity index (χ0) is 17.7. The van der Waals surface area contributed by atoms with Gasteiger partial charge in [0.2, 0.25) is 0 Å². The van der Waals surface area contributed by atoms with Crippen LogP contribution in [0.25, 0.3) is 0 Å². The Morgan fingerprint density at radius 1 is 1.21 bits per heavy atom. The first-order chi connectivity index (χ1) is 11.3. The summed E-state index contributed by atoms with van der Waals surface area (Å²) in [4.78, 5) is 37.7. The molecule has 130 valence electrons. The van der Waals surface area contributed by atoms with Crippen molar-refractivity contribution >= 4 is 17.8 Å². The largest absolute Gasteiger partial charge is 0.459 e. The molecule has 24 heavy (non-hydrogen) atoms. The highest BCUT2D eigenvalue weighted by atomic mass is 16.6. The summed E-state index contributed by atoms with van der Waals surface area (Å²) in [5.41, 5.74) is 0.204. The molecule has 2 rings (SSSR count). The number of nitrogens with zero attached hydrogens (tertiary/aromatic N) is 1. The third-order valence-electron chi connectivity index (χ3n) is 3.57. The minimum atomic E-state index is -0.942. The standard InChI is InChI=1S/C18H23NO5/c1-18(2,3)24-16(21)14-11-19(10-9-15(14)20)17(22)23-12-13-7-5-4-6-8-13/h4-8,14H,9-12H2,1-3H3. The van der Waals surface area contributed by atoms with E-state index in [1.165, 1.54) is 4.90 Å². The van der Waals surface area contributed by atoms with Gasteiger partial charge in [0.15, 0.2) is 5.78 Å². The van der Waals surface area contributed by atoms with Crippen molar-refractivity contribution in [3.8, 4) is 0 Å². The van der Waals surface area contributed by atoms with E-state index in [9.17, 15) is 14.4 Å². The average molecular weight is 333 g/mol. The molecule has 1 fully saturated rings. The Balaban J connectivity index is 1.92. The maximum absolute atomic E-state index is 12.2. The molecule has 0 saturated carbocycles. The lowest BCUT2D eigenvalue weighted by molar-refractivity contribution is -0.163. The highest BCUT2D eigenvalue weighted by molar-refractivity contribution is 6.00. The summed E-state index contributed by atoms with van der Waals surface area (Å²) in [5.74, 6) is -1.73. The molecule has 0 aliphatic carbocycles. The Labute approximate surface area is 141 Å². The summed E-state index contributed by atoms with van der Waals surface area (Å²) < 4.78 is 10.5. The number of benzene rings is 1. The zero-order valence-electron chi connectivity index (χ0n) is 14.3. The van der Waals surface area contributed by atoms with E-state index in [1.807, 2.05) is 30.3 Å². The summed E-state index contributed by atoms with van der Waals surface area (Å²) in [6.07, 6.45) is -0.399. The number of ether oxygens (including phenoxy) is 2. The number of carbonyl (C=O) groups excluding carboxylic acids is 3. The van der Waals surface area contributed by atoms with Crippen molar-refractivity contribution in [2.45, 2.75) is 39.4 Å². The molecule has 0 bridgehead atoms. The highest BCUT2D eigenvalue weighted by Gasteiger charge is 2.37. The molecule has 1 aromatic rings. The molecule has 1 heterocycles. The SMILES string of the molecule is CC(C)(C)OC(=O)C1CN(C(=O)OCc2ccccc2)CCC1=O. The van der Waals surface area contributed by atoms with E-state index in [1.54, 1.807) is 20.8 Å². The van der Waals surface area contributed by atoms with Crippen molar-refractivity contribution in [2.24, 2.45) is 5.92 Å². The van der Waals surface area contributed by atoms with Crippen LogP contribution in [0.15, 0.2) is 30.3 Å². The summed E-state index contributed by atoms with van der Waals surface area (Å²) in [6, 6.07) is 9.32. The van der Waals surface area contributed by atoms with Crippen molar-refractivity contribution in [3.05, 3.63) is 35.9 Å². The van der Waals surface area contributed by atoms with E-state index < -0.39 is 23.6 Å². The number of piperidine rings is 1. The smallest absolute Gasteiger partial charge is 0.410 e. The van der Waals surface area contributed by atoms with Crippen LogP contribution in [-0.4, -0.2) is 41.4 Å². The first-order valence-electron chi connectivity index (χ1n) is 7.97. The predicted octanol–water partition coefficient (Wildman–Crippen LogP) is 2.56. The number of esters is 1. The molecule has 1 unspecified atom stereocenters. The molecule has 1 aliphatic heterocycles. The van der Waals surface area contributed by atoms with Gasteiger partial charge in [-0.2, -0.15) is 0 Å². The summed E-state index contributed by atoms with van der Waals surface area (Å²) in [6.45, 7) is 5.63. The number of rotatable bonds is 3. The molecular formula is C18H23NO5. The van der Waals surface area contributed by atoms with Crippen molar-refractivity contribution in [1.29, 1.82) is 0 Å². The fourth-order valence-corrected chi connectivity index (χ4v) is 2.39. The molecule has 1 aromatic carbocycles. The maximum Gasteiger partial charge on any atom is 0.410 e. The Morgan fingerprint density at radius 3 is 2.50 bits per heavy atom. The van der Waals surface area contributed by atoms with E-state index in [4.69, 9.17) is 9.47 Å². The zero-order valence-corrected chi connectivity index (χ0v) is 14.3.